The molecular weight excluding hydrogens is 200 g/mol. The van der Waals surface area contributed by atoms with Crippen molar-refractivity contribution in [2.45, 2.75) is 0 Å². The summed E-state index contributed by atoms with van der Waals surface area (Å²) in [4.78, 5) is 10.8. The first-order valence-electron chi connectivity index (χ1n) is 5.03. The van der Waals surface area contributed by atoms with Gasteiger partial charge in [0.05, 0.1) is 0 Å². The zero-order valence-electron chi connectivity index (χ0n) is 8.91. The van der Waals surface area contributed by atoms with Gasteiger partial charge in [0.1, 0.15) is 6.61 Å². The minimum absolute atomic E-state index is 0.236. The molecule has 0 saturated heterocycles. The first-order valence-corrected chi connectivity index (χ1v) is 5.03. The predicted molar refractivity (Wildman–Crippen MR) is 64.3 cm³/mol. The lowest BCUT2D eigenvalue weighted by Gasteiger charge is -1.93. The Kier molecular flexibility index (Phi) is 5.59. The van der Waals surface area contributed by atoms with E-state index < -0.39 is 6.61 Å². The summed E-state index contributed by atoms with van der Waals surface area (Å²) in [5, 5.41) is 8.44. The van der Waals surface area contributed by atoms with Crippen molar-refractivity contribution in [3.63, 3.8) is 0 Å². The summed E-state index contributed by atoms with van der Waals surface area (Å²) in [6, 6.07) is 20.7. The molecule has 0 atom stereocenters. The van der Waals surface area contributed by atoms with Crippen LogP contribution in [0.4, 0.5) is 0 Å². The molecule has 1 N–H and O–H groups in total. The lowest BCUT2D eigenvalue weighted by Crippen LogP contribution is -2.02. The number of aliphatic hydroxyl groups excluding tert-OH is 1. The molecule has 0 aliphatic heterocycles. The van der Waals surface area contributed by atoms with Gasteiger partial charge in [0, 0.05) is 5.56 Å². The van der Waals surface area contributed by atoms with Crippen LogP contribution in [0.1, 0.15) is 10.4 Å². The normalized spacial score (nSPS) is 8.81. The smallest absolute Gasteiger partial charge is 0.188 e. The lowest BCUT2D eigenvalue weighted by molar-refractivity contribution is 0.0904. The highest BCUT2D eigenvalue weighted by molar-refractivity contribution is 5.96. The number of rotatable bonds is 2. The van der Waals surface area contributed by atoms with E-state index in [0.29, 0.717) is 5.56 Å². The van der Waals surface area contributed by atoms with Crippen molar-refractivity contribution in [3.05, 3.63) is 72.3 Å². The topological polar surface area (TPSA) is 37.3 Å². The van der Waals surface area contributed by atoms with Gasteiger partial charge in [-0.15, -0.1) is 0 Å². The van der Waals surface area contributed by atoms with Gasteiger partial charge in [-0.3, -0.25) is 4.79 Å². The Morgan fingerprint density at radius 1 is 0.812 bits per heavy atom. The van der Waals surface area contributed by atoms with Gasteiger partial charge in [-0.2, -0.15) is 0 Å². The van der Waals surface area contributed by atoms with Crippen molar-refractivity contribution in [2.24, 2.45) is 0 Å². The van der Waals surface area contributed by atoms with Gasteiger partial charge in [-0.1, -0.05) is 66.7 Å². The fraction of sp³-hybridized carbons (Fsp3) is 0.0714. The molecule has 82 valence electrons. The van der Waals surface area contributed by atoms with Gasteiger partial charge in [-0.05, 0) is 0 Å². The second-order valence-corrected chi connectivity index (χ2v) is 3.10. The Balaban J connectivity index is 0.000000181. The summed E-state index contributed by atoms with van der Waals surface area (Å²) in [5.41, 5.74) is 0.560. The molecule has 2 rings (SSSR count). The van der Waals surface area contributed by atoms with Crippen molar-refractivity contribution < 1.29 is 9.90 Å². The lowest BCUT2D eigenvalue weighted by atomic mass is 10.1. The summed E-state index contributed by atoms with van der Waals surface area (Å²) < 4.78 is 0. The van der Waals surface area contributed by atoms with Gasteiger partial charge in [0.25, 0.3) is 0 Å². The van der Waals surface area contributed by atoms with Gasteiger partial charge in [0.2, 0.25) is 0 Å². The van der Waals surface area contributed by atoms with Crippen molar-refractivity contribution in [1.29, 1.82) is 0 Å². The highest BCUT2D eigenvalue weighted by atomic mass is 16.3. The van der Waals surface area contributed by atoms with E-state index >= 15 is 0 Å². The summed E-state index contributed by atoms with van der Waals surface area (Å²) in [6.45, 7) is -0.413. The first kappa shape index (κ1) is 12.1. The molecule has 0 radical (unpaired) electrons. The van der Waals surface area contributed by atoms with Crippen LogP contribution in [0.15, 0.2) is 66.7 Å². The number of Topliss-reactive ketones (excluding diaryl/α,β-unsaturated/α-hetero) is 1. The molecule has 2 nitrogen and oxygen atoms in total. The van der Waals surface area contributed by atoms with Crippen LogP contribution in [0.3, 0.4) is 0 Å². The highest BCUT2D eigenvalue weighted by Gasteiger charge is 1.99. The van der Waals surface area contributed by atoms with E-state index in [9.17, 15) is 4.79 Å². The van der Waals surface area contributed by atoms with Crippen LogP contribution in [0.25, 0.3) is 0 Å². The monoisotopic (exact) mass is 214 g/mol. The Labute approximate surface area is 95.2 Å². The summed E-state index contributed by atoms with van der Waals surface area (Å²) in [7, 11) is 0. The van der Waals surface area contributed by atoms with E-state index in [2.05, 4.69) is 0 Å². The van der Waals surface area contributed by atoms with Crippen molar-refractivity contribution in [1.82, 2.24) is 0 Å². The standard InChI is InChI=1S/C8H8O2.C6H6/c9-6-8(10)7-4-2-1-3-5-7;1-2-4-6-5-3-1/h1-5,9H,6H2;1-6H. The van der Waals surface area contributed by atoms with Crippen molar-refractivity contribution >= 4 is 5.78 Å². The quantitative estimate of drug-likeness (QED) is 0.780. The molecule has 0 aromatic heterocycles. The molecule has 0 heterocycles. The first-order chi connectivity index (χ1) is 7.84. The molecule has 0 saturated carbocycles. The number of ketones is 1. The number of hydrogen-bond acceptors (Lipinski definition) is 2. The van der Waals surface area contributed by atoms with Crippen LogP contribution < -0.4 is 0 Å². The summed E-state index contributed by atoms with van der Waals surface area (Å²) in [6.07, 6.45) is 0. The Morgan fingerprint density at radius 3 is 1.56 bits per heavy atom. The van der Waals surface area contributed by atoms with E-state index in [1.54, 1.807) is 24.3 Å². The minimum Gasteiger partial charge on any atom is -0.388 e. The third-order valence-corrected chi connectivity index (χ3v) is 1.91. The molecule has 0 aliphatic carbocycles. The number of aliphatic hydroxyl groups is 1. The van der Waals surface area contributed by atoms with Crippen LogP contribution in [0.2, 0.25) is 0 Å². The molecule has 0 bridgehead atoms. The second kappa shape index (κ2) is 7.37. The molecule has 16 heavy (non-hydrogen) atoms. The van der Waals surface area contributed by atoms with Gasteiger partial charge in [0.15, 0.2) is 5.78 Å². The largest absolute Gasteiger partial charge is 0.388 e. The minimum atomic E-state index is -0.413. The Morgan fingerprint density at radius 2 is 1.19 bits per heavy atom. The average Bonchev–Trinajstić information content (AvgIpc) is 2.41. The van der Waals surface area contributed by atoms with Gasteiger partial charge >= 0.3 is 0 Å². The fourth-order valence-corrected chi connectivity index (χ4v) is 1.10. The molecule has 0 amide bonds. The van der Waals surface area contributed by atoms with Crippen molar-refractivity contribution in [3.8, 4) is 0 Å². The highest BCUT2D eigenvalue weighted by Crippen LogP contribution is 1.98. The molecule has 0 unspecified atom stereocenters. The van der Waals surface area contributed by atoms with E-state index in [0.717, 1.165) is 0 Å². The molecular formula is C14H14O2. The van der Waals surface area contributed by atoms with Gasteiger partial charge < -0.3 is 5.11 Å². The third kappa shape index (κ3) is 4.53. The number of carbonyl (C=O) groups is 1. The van der Waals surface area contributed by atoms with E-state index in [4.69, 9.17) is 5.11 Å². The molecule has 0 spiro atoms. The number of hydrogen-bond donors (Lipinski definition) is 1. The summed E-state index contributed by atoms with van der Waals surface area (Å²) >= 11 is 0. The SMILES string of the molecule is O=C(CO)c1ccccc1.c1ccccc1. The molecule has 0 aliphatic rings. The Bertz CT molecular complexity index is 369. The van der Waals surface area contributed by atoms with Crippen LogP contribution >= 0.6 is 0 Å². The van der Waals surface area contributed by atoms with Crippen LogP contribution in [-0.4, -0.2) is 17.5 Å². The molecule has 2 aromatic rings. The number of benzene rings is 2. The Hall–Kier alpha value is -1.93. The maximum atomic E-state index is 10.8. The predicted octanol–water partition coefficient (Wildman–Crippen LogP) is 2.55. The van der Waals surface area contributed by atoms with Crippen LogP contribution in [0, 0.1) is 0 Å². The number of carbonyl (C=O) groups excluding carboxylic acids is 1. The zero-order chi connectivity index (χ0) is 11.6. The third-order valence-electron chi connectivity index (χ3n) is 1.91. The van der Waals surface area contributed by atoms with E-state index in [1.807, 2.05) is 42.5 Å². The second-order valence-electron chi connectivity index (χ2n) is 3.10. The molecule has 2 heteroatoms. The van der Waals surface area contributed by atoms with Crippen LogP contribution in [0.5, 0.6) is 0 Å². The maximum absolute atomic E-state index is 10.8. The zero-order valence-corrected chi connectivity index (χ0v) is 8.91. The van der Waals surface area contributed by atoms with Crippen LogP contribution in [-0.2, 0) is 0 Å². The average molecular weight is 214 g/mol. The van der Waals surface area contributed by atoms with Gasteiger partial charge in [-0.25, -0.2) is 0 Å². The van der Waals surface area contributed by atoms with Crippen molar-refractivity contribution in [2.75, 3.05) is 6.61 Å². The molecule has 2 aromatic carbocycles. The molecule has 0 fully saturated rings. The van der Waals surface area contributed by atoms with E-state index in [-0.39, 0.29) is 5.78 Å². The summed E-state index contributed by atoms with van der Waals surface area (Å²) in [5.74, 6) is -0.236. The fourth-order valence-electron chi connectivity index (χ4n) is 1.10. The van der Waals surface area contributed by atoms with E-state index in [1.165, 1.54) is 0 Å². The maximum Gasteiger partial charge on any atom is 0.188 e.